The first-order chi connectivity index (χ1) is 9.81. The van der Waals surface area contributed by atoms with Crippen LogP contribution in [0.15, 0.2) is 24.3 Å². The highest BCUT2D eigenvalue weighted by atomic mass is 16.6. The molecule has 0 N–H and O–H groups in total. The molecule has 5 nitrogen and oxygen atoms in total. The molecule has 5 heteroatoms. The molecule has 0 heterocycles. The molecular formula is C16H21NO4. The lowest BCUT2D eigenvalue weighted by Crippen LogP contribution is -2.29. The highest BCUT2D eigenvalue weighted by Gasteiger charge is 2.33. The summed E-state index contributed by atoms with van der Waals surface area (Å²) >= 11 is 0. The minimum atomic E-state index is -0.916. The van der Waals surface area contributed by atoms with Gasteiger partial charge in [0.15, 0.2) is 0 Å². The number of aryl methyl sites for hydroxylation is 1. The van der Waals surface area contributed by atoms with Crippen molar-refractivity contribution in [3.05, 3.63) is 45.5 Å². The Morgan fingerprint density at radius 1 is 1.14 bits per heavy atom. The Kier molecular flexibility index (Phi) is 6.21. The minimum Gasteiger partial charge on any atom is -0.300 e. The molecule has 0 bridgehead atoms. The quantitative estimate of drug-likeness (QED) is 0.544. The summed E-state index contributed by atoms with van der Waals surface area (Å²) < 4.78 is 0. The number of benzene rings is 1. The van der Waals surface area contributed by atoms with E-state index in [-0.39, 0.29) is 35.8 Å². The van der Waals surface area contributed by atoms with E-state index in [4.69, 9.17) is 0 Å². The predicted molar refractivity (Wildman–Crippen MR) is 79.9 cm³/mol. The number of hydrogen-bond acceptors (Lipinski definition) is 4. The van der Waals surface area contributed by atoms with E-state index in [1.54, 1.807) is 0 Å². The SMILES string of the molecule is CC(=O)CC[C@H]([C@@H](CC(C)=O)c1ccc(C)cc1)[N+](=O)[O-]. The molecule has 1 aromatic carbocycles. The number of carbonyl (C=O) groups excluding carboxylic acids is 2. The van der Waals surface area contributed by atoms with Crippen LogP contribution in [0.4, 0.5) is 0 Å². The molecule has 1 rings (SSSR count). The highest BCUT2D eigenvalue weighted by molar-refractivity contribution is 5.77. The van der Waals surface area contributed by atoms with Gasteiger partial charge in [0.2, 0.25) is 6.04 Å². The van der Waals surface area contributed by atoms with Gasteiger partial charge in [0.25, 0.3) is 0 Å². The molecule has 1 aromatic rings. The first kappa shape index (κ1) is 17.0. The number of Topliss-reactive ketones (excluding diaryl/α,β-unsaturated/α-hetero) is 2. The van der Waals surface area contributed by atoms with Gasteiger partial charge in [-0.1, -0.05) is 29.8 Å². The van der Waals surface area contributed by atoms with Crippen LogP contribution in [0, 0.1) is 17.0 Å². The number of rotatable bonds is 8. The van der Waals surface area contributed by atoms with Crippen LogP contribution in [-0.2, 0) is 9.59 Å². The lowest BCUT2D eigenvalue weighted by Gasteiger charge is -2.20. The van der Waals surface area contributed by atoms with Gasteiger partial charge in [0.05, 0.1) is 5.92 Å². The molecule has 0 unspecified atom stereocenters. The monoisotopic (exact) mass is 291 g/mol. The second-order valence-corrected chi connectivity index (χ2v) is 5.52. The van der Waals surface area contributed by atoms with Gasteiger partial charge in [-0.2, -0.15) is 0 Å². The minimum absolute atomic E-state index is 0.0765. The van der Waals surface area contributed by atoms with Gasteiger partial charge < -0.3 is 9.59 Å². The number of nitrogens with zero attached hydrogens (tertiary/aromatic N) is 1. The van der Waals surface area contributed by atoms with Crippen LogP contribution in [0.1, 0.15) is 50.2 Å². The van der Waals surface area contributed by atoms with Crippen molar-refractivity contribution in [2.45, 2.75) is 52.0 Å². The van der Waals surface area contributed by atoms with E-state index < -0.39 is 12.0 Å². The molecule has 0 fully saturated rings. The van der Waals surface area contributed by atoms with Crippen molar-refractivity contribution in [2.24, 2.45) is 0 Å². The van der Waals surface area contributed by atoms with Crippen LogP contribution in [0.2, 0.25) is 0 Å². The van der Waals surface area contributed by atoms with E-state index in [1.165, 1.54) is 13.8 Å². The number of nitro groups is 1. The summed E-state index contributed by atoms with van der Waals surface area (Å²) in [4.78, 5) is 33.6. The van der Waals surface area contributed by atoms with Gasteiger partial charge in [-0.05, 0) is 26.3 Å². The van der Waals surface area contributed by atoms with Crippen molar-refractivity contribution in [1.82, 2.24) is 0 Å². The average Bonchev–Trinajstić information content (AvgIpc) is 2.37. The zero-order valence-corrected chi connectivity index (χ0v) is 12.7. The molecule has 2 atom stereocenters. The molecule has 0 aliphatic carbocycles. The Morgan fingerprint density at radius 2 is 1.71 bits per heavy atom. The van der Waals surface area contributed by atoms with Crippen LogP contribution in [0.25, 0.3) is 0 Å². The third-order valence-corrected chi connectivity index (χ3v) is 3.54. The van der Waals surface area contributed by atoms with E-state index in [9.17, 15) is 19.7 Å². The van der Waals surface area contributed by atoms with Crippen molar-refractivity contribution in [1.29, 1.82) is 0 Å². The molecule has 0 aliphatic rings. The number of hydrogen-bond donors (Lipinski definition) is 0. The Hall–Kier alpha value is -2.04. The topological polar surface area (TPSA) is 77.3 Å². The Bertz CT molecular complexity index is 522. The molecule has 0 saturated heterocycles. The summed E-state index contributed by atoms with van der Waals surface area (Å²) in [6.45, 7) is 4.79. The molecule has 0 saturated carbocycles. The van der Waals surface area contributed by atoms with E-state index >= 15 is 0 Å². The second kappa shape index (κ2) is 7.67. The summed E-state index contributed by atoms with van der Waals surface area (Å²) in [5, 5.41) is 11.4. The lowest BCUT2D eigenvalue weighted by molar-refractivity contribution is -0.527. The van der Waals surface area contributed by atoms with Crippen LogP contribution in [-0.4, -0.2) is 22.5 Å². The largest absolute Gasteiger partial charge is 0.300 e. The Labute approximate surface area is 124 Å². The summed E-state index contributed by atoms with van der Waals surface area (Å²) in [5.74, 6) is -0.653. The van der Waals surface area contributed by atoms with E-state index in [0.29, 0.717) is 0 Å². The molecule has 0 aliphatic heterocycles. The first-order valence-corrected chi connectivity index (χ1v) is 7.00. The van der Waals surface area contributed by atoms with Crippen molar-refractivity contribution < 1.29 is 14.5 Å². The van der Waals surface area contributed by atoms with E-state index in [1.807, 2.05) is 31.2 Å². The number of carbonyl (C=O) groups is 2. The summed E-state index contributed by atoms with van der Waals surface area (Å²) in [5.41, 5.74) is 1.84. The summed E-state index contributed by atoms with van der Waals surface area (Å²) in [6.07, 6.45) is 0.437. The summed E-state index contributed by atoms with van der Waals surface area (Å²) in [6, 6.07) is 6.50. The Morgan fingerprint density at radius 3 is 2.14 bits per heavy atom. The standard InChI is InChI=1S/C16H21NO4/c1-11-4-7-14(8-5-11)15(10-13(3)19)16(17(20)21)9-6-12(2)18/h4-5,7-8,15-16H,6,9-10H2,1-3H3/t15-,16+/m0/s1. The smallest absolute Gasteiger partial charge is 0.220 e. The maximum absolute atomic E-state index is 11.5. The maximum Gasteiger partial charge on any atom is 0.220 e. The third-order valence-electron chi connectivity index (χ3n) is 3.54. The summed E-state index contributed by atoms with van der Waals surface area (Å²) in [7, 11) is 0. The van der Waals surface area contributed by atoms with E-state index in [0.717, 1.165) is 11.1 Å². The van der Waals surface area contributed by atoms with Gasteiger partial charge in [-0.25, -0.2) is 0 Å². The van der Waals surface area contributed by atoms with Crippen molar-refractivity contribution in [3.8, 4) is 0 Å². The zero-order chi connectivity index (χ0) is 16.0. The van der Waals surface area contributed by atoms with Crippen LogP contribution in [0.3, 0.4) is 0 Å². The van der Waals surface area contributed by atoms with Gasteiger partial charge in [0.1, 0.15) is 11.6 Å². The molecule has 0 aromatic heterocycles. The third kappa shape index (κ3) is 5.45. The van der Waals surface area contributed by atoms with Gasteiger partial charge in [0, 0.05) is 24.2 Å². The lowest BCUT2D eigenvalue weighted by atomic mass is 9.84. The first-order valence-electron chi connectivity index (χ1n) is 7.00. The fraction of sp³-hybridized carbons (Fsp3) is 0.500. The van der Waals surface area contributed by atoms with Gasteiger partial charge in [-0.3, -0.25) is 10.1 Å². The molecule has 0 radical (unpaired) electrons. The van der Waals surface area contributed by atoms with Crippen LogP contribution >= 0.6 is 0 Å². The van der Waals surface area contributed by atoms with Gasteiger partial charge >= 0.3 is 0 Å². The number of ketones is 2. The molecule has 0 spiro atoms. The zero-order valence-electron chi connectivity index (χ0n) is 12.7. The van der Waals surface area contributed by atoms with E-state index in [2.05, 4.69) is 0 Å². The highest BCUT2D eigenvalue weighted by Crippen LogP contribution is 2.29. The average molecular weight is 291 g/mol. The second-order valence-electron chi connectivity index (χ2n) is 5.52. The van der Waals surface area contributed by atoms with Crippen molar-refractivity contribution in [2.75, 3.05) is 0 Å². The fourth-order valence-electron chi connectivity index (χ4n) is 2.40. The van der Waals surface area contributed by atoms with Crippen molar-refractivity contribution >= 4 is 11.6 Å². The van der Waals surface area contributed by atoms with Crippen LogP contribution in [0.5, 0.6) is 0 Å². The molecular weight excluding hydrogens is 270 g/mol. The molecule has 0 amide bonds. The normalized spacial score (nSPS) is 13.5. The fourth-order valence-corrected chi connectivity index (χ4v) is 2.40. The molecule has 114 valence electrons. The molecule has 21 heavy (non-hydrogen) atoms. The van der Waals surface area contributed by atoms with Gasteiger partial charge in [-0.15, -0.1) is 0 Å². The Balaban J connectivity index is 3.07. The predicted octanol–water partition coefficient (Wildman–Crippen LogP) is 3.07. The van der Waals surface area contributed by atoms with Crippen LogP contribution < -0.4 is 0 Å². The van der Waals surface area contributed by atoms with Crippen molar-refractivity contribution in [3.63, 3.8) is 0 Å². The maximum atomic E-state index is 11.5.